The molecule has 2 heterocycles. The number of carbonyl (C=O) groups excluding carboxylic acids is 3. The molecule has 1 atom stereocenters. The van der Waals surface area contributed by atoms with Crippen LogP contribution >= 0.6 is 0 Å². The molecule has 2 aromatic carbocycles. The van der Waals surface area contributed by atoms with Crippen molar-refractivity contribution >= 4 is 29.1 Å². The van der Waals surface area contributed by atoms with Gasteiger partial charge in [-0.05, 0) is 36.8 Å². The number of methoxy groups -OCH3 is 1. The van der Waals surface area contributed by atoms with Gasteiger partial charge in [0.15, 0.2) is 0 Å². The Morgan fingerprint density at radius 1 is 1.06 bits per heavy atom. The fraction of sp³-hybridized carbons (Fsp3) is 0.423. The molecule has 4 rings (SSSR count). The van der Waals surface area contributed by atoms with Crippen molar-refractivity contribution in [1.29, 1.82) is 0 Å². The van der Waals surface area contributed by atoms with Crippen molar-refractivity contribution < 1.29 is 19.1 Å². The van der Waals surface area contributed by atoms with Crippen LogP contribution in [0.4, 0.5) is 11.4 Å². The average Bonchev–Trinajstić information content (AvgIpc) is 2.85. The van der Waals surface area contributed by atoms with Crippen molar-refractivity contribution in [2.45, 2.75) is 19.4 Å². The Bertz CT molecular complexity index is 1070. The van der Waals surface area contributed by atoms with E-state index in [9.17, 15) is 14.4 Å². The molecule has 2 aromatic rings. The highest BCUT2D eigenvalue weighted by molar-refractivity contribution is 5.97. The molecule has 2 saturated heterocycles. The summed E-state index contributed by atoms with van der Waals surface area (Å²) in [6.45, 7) is 5.96. The van der Waals surface area contributed by atoms with E-state index in [1.807, 2.05) is 49.4 Å². The van der Waals surface area contributed by atoms with Crippen LogP contribution in [0.2, 0.25) is 0 Å². The number of benzene rings is 2. The zero-order valence-corrected chi connectivity index (χ0v) is 20.3. The maximum Gasteiger partial charge on any atom is 0.243 e. The van der Waals surface area contributed by atoms with Gasteiger partial charge in [0.25, 0.3) is 0 Å². The number of anilines is 2. The Morgan fingerprint density at radius 3 is 2.57 bits per heavy atom. The van der Waals surface area contributed by atoms with Crippen molar-refractivity contribution in [1.82, 2.24) is 15.1 Å². The molecular formula is C26H33N5O4. The highest BCUT2D eigenvalue weighted by Gasteiger charge is 2.35. The number of hydrogen-bond acceptors (Lipinski definition) is 6. The van der Waals surface area contributed by atoms with Gasteiger partial charge in [0, 0.05) is 45.0 Å². The molecule has 9 heteroatoms. The molecule has 2 aliphatic rings. The number of rotatable bonds is 7. The topological polar surface area (TPSA) is 94.2 Å². The smallest absolute Gasteiger partial charge is 0.243 e. The fourth-order valence-corrected chi connectivity index (χ4v) is 4.65. The van der Waals surface area contributed by atoms with Gasteiger partial charge in [-0.25, -0.2) is 0 Å². The minimum absolute atomic E-state index is 0.0763. The Labute approximate surface area is 206 Å². The molecule has 2 aliphatic heterocycles. The summed E-state index contributed by atoms with van der Waals surface area (Å²) in [5.41, 5.74) is 2.76. The zero-order chi connectivity index (χ0) is 24.8. The average molecular weight is 480 g/mol. The van der Waals surface area contributed by atoms with Crippen LogP contribution in [-0.2, 0) is 14.4 Å². The molecule has 0 radical (unpaired) electrons. The quantitative estimate of drug-likeness (QED) is 0.625. The molecule has 2 N–H and O–H groups in total. The molecule has 9 nitrogen and oxygen atoms in total. The van der Waals surface area contributed by atoms with Crippen LogP contribution < -0.4 is 20.3 Å². The number of piperazine rings is 2. The van der Waals surface area contributed by atoms with Gasteiger partial charge in [0.05, 0.1) is 25.8 Å². The molecule has 0 unspecified atom stereocenters. The third kappa shape index (κ3) is 6.10. The van der Waals surface area contributed by atoms with E-state index in [0.717, 1.165) is 43.2 Å². The highest BCUT2D eigenvalue weighted by Crippen LogP contribution is 2.28. The first-order valence-corrected chi connectivity index (χ1v) is 12.0. The first-order chi connectivity index (χ1) is 16.9. The van der Waals surface area contributed by atoms with Gasteiger partial charge in [0.2, 0.25) is 17.7 Å². The van der Waals surface area contributed by atoms with E-state index in [4.69, 9.17) is 4.74 Å². The second-order valence-corrected chi connectivity index (χ2v) is 8.95. The number of aryl methyl sites for hydroxylation is 1. The normalized spacial score (nSPS) is 18.7. The molecule has 0 bridgehead atoms. The third-order valence-corrected chi connectivity index (χ3v) is 6.49. The molecule has 0 aromatic heterocycles. The lowest BCUT2D eigenvalue weighted by Gasteiger charge is -2.39. The van der Waals surface area contributed by atoms with Crippen molar-refractivity contribution in [2.24, 2.45) is 0 Å². The van der Waals surface area contributed by atoms with E-state index in [2.05, 4.69) is 20.4 Å². The van der Waals surface area contributed by atoms with E-state index in [1.54, 1.807) is 18.1 Å². The number of amides is 3. The second-order valence-electron chi connectivity index (χ2n) is 8.95. The second kappa shape index (κ2) is 11.2. The van der Waals surface area contributed by atoms with E-state index < -0.39 is 6.04 Å². The van der Waals surface area contributed by atoms with Gasteiger partial charge in [0.1, 0.15) is 11.8 Å². The van der Waals surface area contributed by atoms with Crippen LogP contribution in [-0.4, -0.2) is 86.5 Å². The summed E-state index contributed by atoms with van der Waals surface area (Å²) in [7, 11) is 1.67. The van der Waals surface area contributed by atoms with Crippen LogP contribution in [0, 0.1) is 6.92 Å². The molecule has 2 fully saturated rings. The zero-order valence-electron chi connectivity index (χ0n) is 20.3. The maximum atomic E-state index is 13.2. The molecule has 3 amide bonds. The first kappa shape index (κ1) is 24.5. The van der Waals surface area contributed by atoms with Crippen LogP contribution in [0.3, 0.4) is 0 Å². The molecule has 0 saturated carbocycles. The number of carbonyl (C=O) groups is 3. The van der Waals surface area contributed by atoms with Crippen molar-refractivity contribution in [3.05, 3.63) is 54.1 Å². The fourth-order valence-electron chi connectivity index (χ4n) is 4.65. The van der Waals surface area contributed by atoms with E-state index in [-0.39, 0.29) is 30.7 Å². The minimum Gasteiger partial charge on any atom is -0.495 e. The summed E-state index contributed by atoms with van der Waals surface area (Å²) in [4.78, 5) is 44.4. The van der Waals surface area contributed by atoms with Crippen molar-refractivity contribution in [2.75, 3.05) is 63.1 Å². The van der Waals surface area contributed by atoms with Crippen LogP contribution in [0.15, 0.2) is 48.5 Å². The number of ether oxygens (including phenoxy) is 1. The summed E-state index contributed by atoms with van der Waals surface area (Å²) >= 11 is 0. The monoisotopic (exact) mass is 479 g/mol. The Kier molecular flexibility index (Phi) is 7.87. The number of hydrogen-bond donors (Lipinski definition) is 2. The lowest BCUT2D eigenvalue weighted by Crippen LogP contribution is -2.60. The Balaban J connectivity index is 1.33. The molecule has 35 heavy (non-hydrogen) atoms. The number of para-hydroxylation sites is 2. The summed E-state index contributed by atoms with van der Waals surface area (Å²) < 4.78 is 5.48. The SMILES string of the molecule is COc1ccccc1N1CCN(CC(=O)N2CCNC(=O)[C@H]2CC(=O)Nc2cccc(C)c2)CC1. The largest absolute Gasteiger partial charge is 0.495 e. The van der Waals surface area contributed by atoms with Gasteiger partial charge in [-0.15, -0.1) is 0 Å². The van der Waals surface area contributed by atoms with Gasteiger partial charge < -0.3 is 25.2 Å². The van der Waals surface area contributed by atoms with E-state index in [0.29, 0.717) is 18.8 Å². The van der Waals surface area contributed by atoms with Gasteiger partial charge in [-0.1, -0.05) is 24.3 Å². The van der Waals surface area contributed by atoms with Gasteiger partial charge >= 0.3 is 0 Å². The van der Waals surface area contributed by atoms with E-state index in [1.165, 1.54) is 0 Å². The van der Waals surface area contributed by atoms with Crippen LogP contribution in [0.25, 0.3) is 0 Å². The molecular weight excluding hydrogens is 446 g/mol. The van der Waals surface area contributed by atoms with Crippen LogP contribution in [0.5, 0.6) is 5.75 Å². The summed E-state index contributed by atoms with van der Waals surface area (Å²) in [6.07, 6.45) is -0.0763. The summed E-state index contributed by atoms with van der Waals surface area (Å²) in [6, 6.07) is 14.6. The van der Waals surface area contributed by atoms with Gasteiger partial charge in [-0.3, -0.25) is 19.3 Å². The lowest BCUT2D eigenvalue weighted by molar-refractivity contribution is -0.145. The molecule has 0 aliphatic carbocycles. The standard InChI is InChI=1S/C26H33N5O4/c1-19-6-5-7-20(16-19)28-24(32)17-22-26(34)27-10-11-31(22)25(33)18-29-12-14-30(15-13-29)21-8-3-4-9-23(21)35-2/h3-9,16,22H,10-15,17-18H2,1-2H3,(H,27,34)(H,28,32)/t22-/m1/s1. The predicted octanol–water partition coefficient (Wildman–Crippen LogP) is 1.48. The van der Waals surface area contributed by atoms with Crippen molar-refractivity contribution in [3.63, 3.8) is 0 Å². The lowest BCUT2D eigenvalue weighted by atomic mass is 10.1. The van der Waals surface area contributed by atoms with Crippen LogP contribution in [0.1, 0.15) is 12.0 Å². The minimum atomic E-state index is -0.809. The van der Waals surface area contributed by atoms with Gasteiger partial charge in [-0.2, -0.15) is 0 Å². The van der Waals surface area contributed by atoms with E-state index >= 15 is 0 Å². The maximum absolute atomic E-state index is 13.2. The Hall–Kier alpha value is -3.59. The third-order valence-electron chi connectivity index (χ3n) is 6.49. The molecule has 0 spiro atoms. The molecule has 186 valence electrons. The summed E-state index contributed by atoms with van der Waals surface area (Å²) in [5.74, 6) is 0.132. The predicted molar refractivity (Wildman–Crippen MR) is 135 cm³/mol. The highest BCUT2D eigenvalue weighted by atomic mass is 16.5. The van der Waals surface area contributed by atoms with Crippen molar-refractivity contribution in [3.8, 4) is 5.75 Å². The summed E-state index contributed by atoms with van der Waals surface area (Å²) in [5, 5.41) is 5.63. The number of nitrogens with one attached hydrogen (secondary N) is 2. The Morgan fingerprint density at radius 2 is 1.83 bits per heavy atom. The first-order valence-electron chi connectivity index (χ1n) is 12.0. The number of nitrogens with zero attached hydrogens (tertiary/aromatic N) is 3.